The first-order valence-electron chi connectivity index (χ1n) is 9.00. The second kappa shape index (κ2) is 7.16. The Labute approximate surface area is 162 Å². The molecule has 0 bridgehead atoms. The molecule has 1 amide bonds. The summed E-state index contributed by atoms with van der Waals surface area (Å²) in [5, 5.41) is 4.45. The Balaban J connectivity index is 1.67. The molecule has 5 nitrogen and oxygen atoms in total. The van der Waals surface area contributed by atoms with E-state index in [0.717, 1.165) is 34.4 Å². The maximum Gasteiger partial charge on any atom is 0.268 e. The molecule has 0 saturated heterocycles. The van der Waals surface area contributed by atoms with E-state index in [2.05, 4.69) is 12.2 Å². The van der Waals surface area contributed by atoms with E-state index in [-0.39, 0.29) is 12.0 Å². The molecule has 140 valence electrons. The van der Waals surface area contributed by atoms with Crippen molar-refractivity contribution >= 4 is 28.4 Å². The van der Waals surface area contributed by atoms with E-state index in [9.17, 15) is 4.79 Å². The van der Waals surface area contributed by atoms with E-state index in [4.69, 9.17) is 21.1 Å². The highest BCUT2D eigenvalue weighted by atomic mass is 35.5. The number of aromatic nitrogens is 1. The Bertz CT molecular complexity index is 1010. The van der Waals surface area contributed by atoms with Crippen LogP contribution in [0, 0.1) is 0 Å². The largest absolute Gasteiger partial charge is 0.496 e. The molecule has 3 aromatic rings. The summed E-state index contributed by atoms with van der Waals surface area (Å²) in [7, 11) is 1.62. The fourth-order valence-corrected chi connectivity index (χ4v) is 3.74. The van der Waals surface area contributed by atoms with Gasteiger partial charge in [0.25, 0.3) is 5.91 Å². The van der Waals surface area contributed by atoms with Gasteiger partial charge >= 0.3 is 0 Å². The van der Waals surface area contributed by atoms with Gasteiger partial charge in [0, 0.05) is 17.5 Å². The fraction of sp³-hybridized carbons (Fsp3) is 0.286. The lowest BCUT2D eigenvalue weighted by Crippen LogP contribution is -2.31. The van der Waals surface area contributed by atoms with Crippen LogP contribution in [0.25, 0.3) is 10.9 Å². The van der Waals surface area contributed by atoms with Crippen LogP contribution >= 0.6 is 11.6 Å². The number of carbonyl (C=O) groups is 1. The third-order valence-electron chi connectivity index (χ3n) is 4.97. The lowest BCUT2D eigenvalue weighted by atomic mass is 10.2. The summed E-state index contributed by atoms with van der Waals surface area (Å²) >= 11 is 6.37. The molecule has 0 fully saturated rings. The van der Waals surface area contributed by atoms with Gasteiger partial charge in [0.15, 0.2) is 0 Å². The van der Waals surface area contributed by atoms with Crippen molar-refractivity contribution in [3.8, 4) is 11.5 Å². The molecule has 1 N–H and O–H groups in total. The minimum Gasteiger partial charge on any atom is -0.496 e. The van der Waals surface area contributed by atoms with Crippen LogP contribution in [0.4, 0.5) is 0 Å². The standard InChI is InChI=1S/C21H21ClN2O3/c1-3-14-12-24-17(10-15-16(22)8-9-19(27-14)20(15)24)21(25)23-11-13-6-4-5-7-18(13)26-2/h4-10,14H,3,11-12H2,1-2H3,(H,23,25). The summed E-state index contributed by atoms with van der Waals surface area (Å²) in [5.74, 6) is 1.39. The zero-order valence-electron chi connectivity index (χ0n) is 15.3. The second-order valence-corrected chi connectivity index (χ2v) is 7.00. The molecule has 0 radical (unpaired) electrons. The number of halogens is 1. The zero-order valence-corrected chi connectivity index (χ0v) is 16.0. The summed E-state index contributed by atoms with van der Waals surface area (Å²) in [6, 6.07) is 13.2. The van der Waals surface area contributed by atoms with Crippen molar-refractivity contribution in [2.45, 2.75) is 32.5 Å². The first-order valence-corrected chi connectivity index (χ1v) is 9.38. The summed E-state index contributed by atoms with van der Waals surface area (Å²) in [6.07, 6.45) is 0.902. The van der Waals surface area contributed by atoms with E-state index in [1.165, 1.54) is 0 Å². The summed E-state index contributed by atoms with van der Waals surface area (Å²) in [4.78, 5) is 13.0. The van der Waals surface area contributed by atoms with Gasteiger partial charge in [0.1, 0.15) is 23.3 Å². The molecule has 1 atom stereocenters. The van der Waals surface area contributed by atoms with Gasteiger partial charge in [-0.1, -0.05) is 36.7 Å². The Morgan fingerprint density at radius 3 is 2.93 bits per heavy atom. The normalized spacial score (nSPS) is 15.4. The number of rotatable bonds is 5. The number of para-hydroxylation sites is 1. The van der Waals surface area contributed by atoms with Crippen molar-refractivity contribution in [3.63, 3.8) is 0 Å². The van der Waals surface area contributed by atoms with Crippen molar-refractivity contribution in [1.29, 1.82) is 0 Å². The number of carbonyl (C=O) groups excluding carboxylic acids is 1. The van der Waals surface area contributed by atoms with E-state index in [0.29, 0.717) is 23.8 Å². The summed E-state index contributed by atoms with van der Waals surface area (Å²) in [5.41, 5.74) is 2.40. The highest BCUT2D eigenvalue weighted by Gasteiger charge is 2.27. The van der Waals surface area contributed by atoms with Crippen molar-refractivity contribution < 1.29 is 14.3 Å². The second-order valence-electron chi connectivity index (χ2n) is 6.59. The number of nitrogens with one attached hydrogen (secondary N) is 1. The number of methoxy groups -OCH3 is 1. The van der Waals surface area contributed by atoms with Crippen molar-refractivity contribution in [1.82, 2.24) is 9.88 Å². The molecule has 1 unspecified atom stereocenters. The molecular weight excluding hydrogens is 364 g/mol. The van der Waals surface area contributed by atoms with E-state index < -0.39 is 0 Å². The molecule has 1 aromatic heterocycles. The van der Waals surface area contributed by atoms with Crippen LogP contribution in [-0.4, -0.2) is 23.7 Å². The number of ether oxygens (including phenoxy) is 2. The molecule has 2 heterocycles. The van der Waals surface area contributed by atoms with Crippen LogP contribution in [0.2, 0.25) is 5.02 Å². The molecule has 27 heavy (non-hydrogen) atoms. The molecule has 2 aromatic carbocycles. The Hall–Kier alpha value is -2.66. The third kappa shape index (κ3) is 3.12. The van der Waals surface area contributed by atoms with Gasteiger partial charge < -0.3 is 19.4 Å². The van der Waals surface area contributed by atoms with Crippen LogP contribution in [-0.2, 0) is 13.1 Å². The topological polar surface area (TPSA) is 52.5 Å². The highest BCUT2D eigenvalue weighted by Crippen LogP contribution is 2.38. The number of amides is 1. The average Bonchev–Trinajstić information content (AvgIpc) is 3.10. The minimum atomic E-state index is -0.143. The predicted molar refractivity (Wildman–Crippen MR) is 106 cm³/mol. The Morgan fingerprint density at radius 1 is 1.33 bits per heavy atom. The fourth-order valence-electron chi connectivity index (χ4n) is 3.54. The van der Waals surface area contributed by atoms with Crippen LogP contribution in [0.5, 0.6) is 11.5 Å². The number of hydrogen-bond donors (Lipinski definition) is 1. The Kier molecular flexibility index (Phi) is 4.70. The average molecular weight is 385 g/mol. The van der Waals surface area contributed by atoms with Gasteiger partial charge in [-0.15, -0.1) is 0 Å². The number of benzene rings is 2. The lowest BCUT2D eigenvalue weighted by Gasteiger charge is -2.26. The molecule has 4 rings (SSSR count). The van der Waals surface area contributed by atoms with Gasteiger partial charge in [0.2, 0.25) is 0 Å². The minimum absolute atomic E-state index is 0.0371. The molecular formula is C21H21ClN2O3. The van der Waals surface area contributed by atoms with Crippen LogP contribution in [0.15, 0.2) is 42.5 Å². The van der Waals surface area contributed by atoms with E-state index in [1.807, 2.05) is 47.0 Å². The first kappa shape index (κ1) is 17.7. The van der Waals surface area contributed by atoms with Crippen molar-refractivity contribution in [2.75, 3.05) is 7.11 Å². The Morgan fingerprint density at radius 2 is 2.15 bits per heavy atom. The van der Waals surface area contributed by atoms with Crippen LogP contribution < -0.4 is 14.8 Å². The number of hydrogen-bond acceptors (Lipinski definition) is 3. The molecule has 6 heteroatoms. The predicted octanol–water partition coefficient (Wildman–Crippen LogP) is 4.40. The third-order valence-corrected chi connectivity index (χ3v) is 5.30. The highest BCUT2D eigenvalue weighted by molar-refractivity contribution is 6.36. The van der Waals surface area contributed by atoms with Gasteiger partial charge in [-0.3, -0.25) is 4.79 Å². The lowest BCUT2D eigenvalue weighted by molar-refractivity contribution is 0.0935. The maximum absolute atomic E-state index is 13.0. The number of nitrogens with zero attached hydrogens (tertiary/aromatic N) is 1. The summed E-state index contributed by atoms with van der Waals surface area (Å²) < 4.78 is 13.4. The van der Waals surface area contributed by atoms with Crippen LogP contribution in [0.1, 0.15) is 29.4 Å². The summed E-state index contributed by atoms with van der Waals surface area (Å²) in [6.45, 7) is 3.09. The smallest absolute Gasteiger partial charge is 0.268 e. The van der Waals surface area contributed by atoms with Crippen molar-refractivity contribution in [3.05, 3.63) is 58.7 Å². The molecule has 0 aliphatic carbocycles. The van der Waals surface area contributed by atoms with Gasteiger partial charge in [-0.25, -0.2) is 0 Å². The maximum atomic E-state index is 13.0. The van der Waals surface area contributed by atoms with Gasteiger partial charge in [-0.05, 0) is 30.7 Å². The quantitative estimate of drug-likeness (QED) is 0.709. The molecule has 0 saturated carbocycles. The van der Waals surface area contributed by atoms with Gasteiger partial charge in [-0.2, -0.15) is 0 Å². The molecule has 0 spiro atoms. The first-order chi connectivity index (χ1) is 13.1. The monoisotopic (exact) mass is 384 g/mol. The van der Waals surface area contributed by atoms with Crippen LogP contribution in [0.3, 0.4) is 0 Å². The molecule has 1 aliphatic heterocycles. The van der Waals surface area contributed by atoms with E-state index >= 15 is 0 Å². The SMILES string of the molecule is CCC1Cn2c(C(=O)NCc3ccccc3OC)cc3c(Cl)ccc(c32)O1. The molecule has 1 aliphatic rings. The van der Waals surface area contributed by atoms with Crippen molar-refractivity contribution in [2.24, 2.45) is 0 Å². The zero-order chi connectivity index (χ0) is 19.0. The van der Waals surface area contributed by atoms with Gasteiger partial charge in [0.05, 0.1) is 24.2 Å². The van der Waals surface area contributed by atoms with E-state index in [1.54, 1.807) is 7.11 Å².